The van der Waals surface area contributed by atoms with Crippen molar-refractivity contribution in [1.82, 2.24) is 10.2 Å². The summed E-state index contributed by atoms with van der Waals surface area (Å²) in [6, 6.07) is 0. The fraction of sp³-hybridized carbons (Fsp3) is 0.923. The first-order valence-electron chi connectivity index (χ1n) is 6.95. The molecular formula is C13H24F2N2O2. The van der Waals surface area contributed by atoms with E-state index >= 15 is 0 Å². The maximum absolute atomic E-state index is 12.6. The van der Waals surface area contributed by atoms with E-state index in [1.54, 1.807) is 0 Å². The molecule has 1 saturated heterocycles. The third kappa shape index (κ3) is 4.38. The minimum atomic E-state index is -2.56. The van der Waals surface area contributed by atoms with Gasteiger partial charge < -0.3 is 15.3 Å². The van der Waals surface area contributed by atoms with Gasteiger partial charge in [0.05, 0.1) is 18.6 Å². The van der Waals surface area contributed by atoms with Gasteiger partial charge in [-0.05, 0) is 32.4 Å². The Bertz CT molecular complexity index is 276. The summed E-state index contributed by atoms with van der Waals surface area (Å²) in [6.45, 7) is 2.61. The third-order valence-corrected chi connectivity index (χ3v) is 3.76. The van der Waals surface area contributed by atoms with Crippen LogP contribution in [0.1, 0.15) is 32.6 Å². The van der Waals surface area contributed by atoms with Crippen LogP contribution < -0.4 is 5.32 Å². The van der Waals surface area contributed by atoms with Gasteiger partial charge in [-0.25, -0.2) is 8.78 Å². The number of piperidine rings is 1. The van der Waals surface area contributed by atoms with Crippen molar-refractivity contribution < 1.29 is 18.7 Å². The van der Waals surface area contributed by atoms with Crippen molar-refractivity contribution in [2.24, 2.45) is 5.41 Å². The van der Waals surface area contributed by atoms with Crippen LogP contribution in [0.2, 0.25) is 0 Å². The van der Waals surface area contributed by atoms with Gasteiger partial charge in [0.15, 0.2) is 0 Å². The lowest BCUT2D eigenvalue weighted by molar-refractivity contribution is -0.147. The highest BCUT2D eigenvalue weighted by molar-refractivity contribution is 5.83. The second-order valence-electron chi connectivity index (χ2n) is 5.15. The Hall–Kier alpha value is -0.750. The number of aliphatic hydroxyl groups is 1. The van der Waals surface area contributed by atoms with E-state index < -0.39 is 18.4 Å². The molecule has 112 valence electrons. The third-order valence-electron chi connectivity index (χ3n) is 3.76. The average molecular weight is 278 g/mol. The topological polar surface area (TPSA) is 52.6 Å². The molecule has 2 N–H and O–H groups in total. The standard InChI is InChI=1S/C13H24F2N2O2/c1-2-3-13(4-6-16-7-5-13)12(19)17(8-9-18)10-11(14)15/h11,16,18H,2-10H2,1H3. The van der Waals surface area contributed by atoms with Crippen LogP contribution >= 0.6 is 0 Å². The second kappa shape index (κ2) is 7.75. The van der Waals surface area contributed by atoms with Crippen molar-refractivity contribution in [3.8, 4) is 0 Å². The maximum atomic E-state index is 12.6. The molecule has 0 atom stereocenters. The molecular weight excluding hydrogens is 254 g/mol. The van der Waals surface area contributed by atoms with Crippen molar-refractivity contribution in [1.29, 1.82) is 0 Å². The molecule has 1 aliphatic heterocycles. The Balaban J connectivity index is 2.82. The number of carbonyl (C=O) groups excluding carboxylic acids is 1. The molecule has 4 nitrogen and oxygen atoms in total. The summed E-state index contributed by atoms with van der Waals surface area (Å²) in [5, 5.41) is 12.2. The summed E-state index contributed by atoms with van der Waals surface area (Å²) in [5.74, 6) is -0.217. The normalized spacial score (nSPS) is 18.6. The minimum absolute atomic E-state index is 0.0118. The summed E-state index contributed by atoms with van der Waals surface area (Å²) < 4.78 is 25.1. The van der Waals surface area contributed by atoms with Crippen LogP contribution in [-0.2, 0) is 4.79 Å². The van der Waals surface area contributed by atoms with Gasteiger partial charge in [0.2, 0.25) is 5.91 Å². The molecule has 1 fully saturated rings. The van der Waals surface area contributed by atoms with E-state index in [4.69, 9.17) is 5.11 Å². The largest absolute Gasteiger partial charge is 0.395 e. The molecule has 0 spiro atoms. The van der Waals surface area contributed by atoms with Gasteiger partial charge >= 0.3 is 0 Å². The molecule has 1 aliphatic rings. The lowest BCUT2D eigenvalue weighted by atomic mass is 9.74. The van der Waals surface area contributed by atoms with Crippen LogP contribution in [-0.4, -0.2) is 55.1 Å². The van der Waals surface area contributed by atoms with Crippen LogP contribution in [0.4, 0.5) is 8.78 Å². The fourth-order valence-corrected chi connectivity index (χ4v) is 2.85. The summed E-state index contributed by atoms with van der Waals surface area (Å²) in [7, 11) is 0. The lowest BCUT2D eigenvalue weighted by Gasteiger charge is -2.40. The van der Waals surface area contributed by atoms with Gasteiger partial charge in [0.1, 0.15) is 0 Å². The first kappa shape index (κ1) is 16.3. The quantitative estimate of drug-likeness (QED) is 0.737. The monoisotopic (exact) mass is 278 g/mol. The van der Waals surface area contributed by atoms with Crippen molar-refractivity contribution in [3.63, 3.8) is 0 Å². The van der Waals surface area contributed by atoms with E-state index in [1.807, 2.05) is 6.92 Å². The fourth-order valence-electron chi connectivity index (χ4n) is 2.85. The van der Waals surface area contributed by atoms with Gasteiger partial charge in [0, 0.05) is 6.54 Å². The summed E-state index contributed by atoms with van der Waals surface area (Å²) in [5.41, 5.74) is -0.524. The van der Waals surface area contributed by atoms with Crippen molar-refractivity contribution in [2.45, 2.75) is 39.0 Å². The van der Waals surface area contributed by atoms with E-state index in [0.29, 0.717) is 12.8 Å². The number of aliphatic hydroxyl groups excluding tert-OH is 1. The van der Waals surface area contributed by atoms with E-state index in [1.165, 1.54) is 0 Å². The van der Waals surface area contributed by atoms with Crippen LogP contribution in [0, 0.1) is 5.41 Å². The molecule has 1 amide bonds. The first-order chi connectivity index (χ1) is 9.05. The molecule has 6 heteroatoms. The second-order valence-corrected chi connectivity index (χ2v) is 5.15. The Kier molecular flexibility index (Phi) is 6.65. The van der Waals surface area contributed by atoms with Gasteiger partial charge in [0.25, 0.3) is 6.43 Å². The average Bonchev–Trinajstić information content (AvgIpc) is 2.38. The molecule has 19 heavy (non-hydrogen) atoms. The number of amides is 1. The molecule has 0 bridgehead atoms. The predicted octanol–water partition coefficient (Wildman–Crippen LogP) is 1.24. The SMILES string of the molecule is CCCC1(C(=O)N(CCO)CC(F)F)CCNCC1. The van der Waals surface area contributed by atoms with Crippen molar-refractivity contribution in [2.75, 3.05) is 32.8 Å². The van der Waals surface area contributed by atoms with Crippen LogP contribution in [0.3, 0.4) is 0 Å². The van der Waals surface area contributed by atoms with E-state index in [9.17, 15) is 13.6 Å². The van der Waals surface area contributed by atoms with E-state index in [-0.39, 0.29) is 19.1 Å². The number of nitrogens with one attached hydrogen (secondary N) is 1. The van der Waals surface area contributed by atoms with Crippen LogP contribution in [0.25, 0.3) is 0 Å². The Morgan fingerprint density at radius 3 is 2.53 bits per heavy atom. The highest BCUT2D eigenvalue weighted by Crippen LogP contribution is 2.36. The number of carbonyl (C=O) groups is 1. The van der Waals surface area contributed by atoms with Gasteiger partial charge in [-0.3, -0.25) is 4.79 Å². The zero-order chi connectivity index (χ0) is 14.3. The summed E-state index contributed by atoms with van der Waals surface area (Å²) >= 11 is 0. The number of rotatable bonds is 7. The molecule has 0 saturated carbocycles. The Labute approximate surface area is 113 Å². The zero-order valence-electron chi connectivity index (χ0n) is 11.5. The Morgan fingerprint density at radius 2 is 2.05 bits per heavy atom. The maximum Gasteiger partial charge on any atom is 0.255 e. The van der Waals surface area contributed by atoms with Gasteiger partial charge in [-0.2, -0.15) is 0 Å². The molecule has 0 unspecified atom stereocenters. The molecule has 1 rings (SSSR count). The van der Waals surface area contributed by atoms with Crippen molar-refractivity contribution in [3.05, 3.63) is 0 Å². The molecule has 0 aromatic rings. The number of nitrogens with zero attached hydrogens (tertiary/aromatic N) is 1. The molecule has 0 aromatic carbocycles. The lowest BCUT2D eigenvalue weighted by Crippen LogP contribution is -2.51. The van der Waals surface area contributed by atoms with Crippen LogP contribution in [0.15, 0.2) is 0 Å². The minimum Gasteiger partial charge on any atom is -0.395 e. The molecule has 1 heterocycles. The van der Waals surface area contributed by atoms with Crippen LogP contribution in [0.5, 0.6) is 0 Å². The number of halogens is 2. The molecule has 0 aliphatic carbocycles. The van der Waals surface area contributed by atoms with E-state index in [0.717, 1.165) is 30.8 Å². The number of alkyl halides is 2. The molecule has 0 radical (unpaired) electrons. The zero-order valence-corrected chi connectivity index (χ0v) is 11.5. The Morgan fingerprint density at radius 1 is 1.42 bits per heavy atom. The summed E-state index contributed by atoms with van der Waals surface area (Å²) in [6.07, 6.45) is 0.387. The number of hydrogen-bond donors (Lipinski definition) is 2. The molecule has 0 aromatic heterocycles. The number of hydrogen-bond acceptors (Lipinski definition) is 3. The first-order valence-corrected chi connectivity index (χ1v) is 6.95. The van der Waals surface area contributed by atoms with Gasteiger partial charge in [-0.1, -0.05) is 13.3 Å². The van der Waals surface area contributed by atoms with Crippen molar-refractivity contribution >= 4 is 5.91 Å². The van der Waals surface area contributed by atoms with Gasteiger partial charge in [-0.15, -0.1) is 0 Å². The predicted molar refractivity (Wildman–Crippen MR) is 69.1 cm³/mol. The highest BCUT2D eigenvalue weighted by Gasteiger charge is 2.41. The highest BCUT2D eigenvalue weighted by atomic mass is 19.3. The van der Waals surface area contributed by atoms with E-state index in [2.05, 4.69) is 5.32 Å². The smallest absolute Gasteiger partial charge is 0.255 e. The summed E-state index contributed by atoms with van der Waals surface area (Å²) in [4.78, 5) is 13.7.